The van der Waals surface area contributed by atoms with Crippen molar-refractivity contribution in [2.24, 2.45) is 5.73 Å². The Morgan fingerprint density at radius 3 is 2.81 bits per heavy atom. The molecular formula is C19H32ClN3O3. The number of amides is 1. The zero-order valence-corrected chi connectivity index (χ0v) is 16.6. The first-order valence-electron chi connectivity index (χ1n) is 9.10. The summed E-state index contributed by atoms with van der Waals surface area (Å²) in [7, 11) is 0. The van der Waals surface area contributed by atoms with Gasteiger partial charge in [0.05, 0.1) is 18.8 Å². The van der Waals surface area contributed by atoms with Crippen LogP contribution in [-0.4, -0.2) is 55.8 Å². The van der Waals surface area contributed by atoms with E-state index in [0.29, 0.717) is 19.6 Å². The summed E-state index contributed by atoms with van der Waals surface area (Å²) in [6.45, 7) is 9.32. The highest BCUT2D eigenvalue weighted by Gasteiger charge is 2.26. The van der Waals surface area contributed by atoms with Gasteiger partial charge in [-0.05, 0) is 31.0 Å². The van der Waals surface area contributed by atoms with Gasteiger partial charge in [-0.3, -0.25) is 9.69 Å². The van der Waals surface area contributed by atoms with E-state index in [-0.39, 0.29) is 18.3 Å². The van der Waals surface area contributed by atoms with Crippen molar-refractivity contribution in [1.82, 2.24) is 10.2 Å². The lowest BCUT2D eigenvalue weighted by molar-refractivity contribution is -0.126. The molecule has 6 nitrogen and oxygen atoms in total. The van der Waals surface area contributed by atoms with Crippen molar-refractivity contribution < 1.29 is 14.3 Å². The van der Waals surface area contributed by atoms with Crippen molar-refractivity contribution >= 4 is 18.3 Å². The Bertz CT molecular complexity index is 549. The van der Waals surface area contributed by atoms with Gasteiger partial charge >= 0.3 is 0 Å². The summed E-state index contributed by atoms with van der Waals surface area (Å²) in [5.74, 6) is 0.706. The lowest BCUT2D eigenvalue weighted by atomic mass is 9.96. The highest BCUT2D eigenvalue weighted by atomic mass is 35.5. The number of hydrogen-bond donors (Lipinski definition) is 2. The number of halogens is 1. The number of ether oxygens (including phenoxy) is 2. The van der Waals surface area contributed by atoms with Crippen LogP contribution in [0.4, 0.5) is 0 Å². The van der Waals surface area contributed by atoms with Gasteiger partial charge in [0.1, 0.15) is 12.4 Å². The predicted octanol–water partition coefficient (Wildman–Crippen LogP) is 1.95. The molecule has 148 valence electrons. The summed E-state index contributed by atoms with van der Waals surface area (Å²) in [6.07, 6.45) is 1.55. The number of nitrogens with zero attached hydrogens (tertiary/aromatic N) is 1. The van der Waals surface area contributed by atoms with E-state index in [1.165, 1.54) is 0 Å². The molecule has 1 aromatic rings. The van der Waals surface area contributed by atoms with Gasteiger partial charge in [0.25, 0.3) is 0 Å². The maximum absolute atomic E-state index is 12.2. The van der Waals surface area contributed by atoms with Crippen LogP contribution in [0.5, 0.6) is 5.75 Å². The third-order valence-corrected chi connectivity index (χ3v) is 4.42. The maximum atomic E-state index is 12.2. The highest BCUT2D eigenvalue weighted by Crippen LogP contribution is 2.14. The zero-order chi connectivity index (χ0) is 18.1. The van der Waals surface area contributed by atoms with Gasteiger partial charge in [0.15, 0.2) is 0 Å². The molecule has 1 atom stereocenters. The molecule has 1 saturated heterocycles. The molecule has 2 rings (SSSR count). The van der Waals surface area contributed by atoms with Crippen LogP contribution in [0, 0.1) is 0 Å². The molecule has 1 amide bonds. The number of nitrogens with two attached hydrogens (primary N) is 1. The van der Waals surface area contributed by atoms with Crippen LogP contribution in [0.15, 0.2) is 24.3 Å². The molecule has 7 heteroatoms. The Labute approximate surface area is 162 Å². The van der Waals surface area contributed by atoms with Crippen molar-refractivity contribution in [3.8, 4) is 5.75 Å². The minimum Gasteiger partial charge on any atom is -0.492 e. The average molecular weight is 386 g/mol. The number of carbonyl (C=O) groups is 1. The predicted molar refractivity (Wildman–Crippen MR) is 106 cm³/mol. The van der Waals surface area contributed by atoms with E-state index < -0.39 is 5.54 Å². The minimum absolute atomic E-state index is 0. The number of rotatable bonds is 9. The number of nitrogens with one attached hydrogen (secondary N) is 1. The Morgan fingerprint density at radius 2 is 2.12 bits per heavy atom. The van der Waals surface area contributed by atoms with Crippen molar-refractivity contribution in [3.63, 3.8) is 0 Å². The second-order valence-electron chi connectivity index (χ2n) is 6.80. The lowest BCUT2D eigenvalue weighted by Crippen LogP contribution is -2.51. The standard InChI is InChI=1S/C19H31N3O3.ClH/c1-3-7-19(2,20)18(23)21-15-16-5-4-6-17(14-16)25-13-10-22-8-11-24-12-9-22;/h4-6,14H,3,7-13,15,20H2,1-2H3,(H,21,23);1H. The quantitative estimate of drug-likeness (QED) is 0.679. The first kappa shape index (κ1) is 22.7. The SMILES string of the molecule is CCCC(C)(N)C(=O)NCc1cccc(OCCN2CCOCC2)c1.Cl. The van der Waals surface area contributed by atoms with Crippen LogP contribution in [0.25, 0.3) is 0 Å². The molecule has 26 heavy (non-hydrogen) atoms. The maximum Gasteiger partial charge on any atom is 0.240 e. The molecule has 0 radical (unpaired) electrons. The molecule has 1 aliphatic rings. The minimum atomic E-state index is -0.818. The fourth-order valence-electron chi connectivity index (χ4n) is 2.88. The molecule has 0 saturated carbocycles. The molecule has 1 heterocycles. The Balaban J connectivity index is 0.00000338. The van der Waals surface area contributed by atoms with Crippen LogP contribution >= 0.6 is 12.4 Å². The van der Waals surface area contributed by atoms with E-state index in [2.05, 4.69) is 10.2 Å². The van der Waals surface area contributed by atoms with Crippen molar-refractivity contribution in [2.75, 3.05) is 39.5 Å². The number of morpholine rings is 1. The van der Waals surface area contributed by atoms with Crippen molar-refractivity contribution in [1.29, 1.82) is 0 Å². The second kappa shape index (κ2) is 11.4. The van der Waals surface area contributed by atoms with Gasteiger partial charge < -0.3 is 20.5 Å². The molecule has 1 unspecified atom stereocenters. The summed E-state index contributed by atoms with van der Waals surface area (Å²) in [6, 6.07) is 7.82. The van der Waals surface area contributed by atoms with Gasteiger partial charge in [-0.1, -0.05) is 25.5 Å². The van der Waals surface area contributed by atoms with E-state index in [1.807, 2.05) is 31.2 Å². The molecular weight excluding hydrogens is 354 g/mol. The Hall–Kier alpha value is -1.34. The van der Waals surface area contributed by atoms with Gasteiger partial charge in [-0.2, -0.15) is 0 Å². The van der Waals surface area contributed by atoms with Gasteiger partial charge in [0.2, 0.25) is 5.91 Å². The van der Waals surface area contributed by atoms with E-state index in [9.17, 15) is 4.79 Å². The Kier molecular flexibility index (Phi) is 9.94. The Morgan fingerprint density at radius 1 is 1.38 bits per heavy atom. The fourth-order valence-corrected chi connectivity index (χ4v) is 2.88. The fraction of sp³-hybridized carbons (Fsp3) is 0.632. The topological polar surface area (TPSA) is 76.8 Å². The first-order chi connectivity index (χ1) is 12.0. The number of benzene rings is 1. The number of hydrogen-bond acceptors (Lipinski definition) is 5. The summed E-state index contributed by atoms with van der Waals surface area (Å²) in [5, 5.41) is 2.92. The monoisotopic (exact) mass is 385 g/mol. The third kappa shape index (κ3) is 7.50. The van der Waals surface area contributed by atoms with Crippen molar-refractivity contribution in [3.05, 3.63) is 29.8 Å². The van der Waals surface area contributed by atoms with E-state index in [1.54, 1.807) is 6.92 Å². The molecule has 3 N–H and O–H groups in total. The van der Waals surface area contributed by atoms with Crippen LogP contribution < -0.4 is 15.8 Å². The van der Waals surface area contributed by atoms with Crippen LogP contribution in [-0.2, 0) is 16.1 Å². The van der Waals surface area contributed by atoms with E-state index in [0.717, 1.165) is 50.6 Å². The van der Waals surface area contributed by atoms with Gasteiger partial charge in [-0.15, -0.1) is 12.4 Å². The molecule has 0 aromatic heterocycles. The normalized spacial score (nSPS) is 17.0. The highest BCUT2D eigenvalue weighted by molar-refractivity contribution is 5.85. The molecule has 0 aliphatic carbocycles. The van der Waals surface area contributed by atoms with Crippen LogP contribution in [0.1, 0.15) is 32.3 Å². The molecule has 0 bridgehead atoms. The smallest absolute Gasteiger partial charge is 0.240 e. The van der Waals surface area contributed by atoms with Crippen LogP contribution in [0.2, 0.25) is 0 Å². The average Bonchev–Trinajstić information content (AvgIpc) is 2.61. The zero-order valence-electron chi connectivity index (χ0n) is 15.8. The molecule has 0 spiro atoms. The summed E-state index contributed by atoms with van der Waals surface area (Å²) in [4.78, 5) is 14.5. The summed E-state index contributed by atoms with van der Waals surface area (Å²) < 4.78 is 11.2. The second-order valence-corrected chi connectivity index (χ2v) is 6.80. The largest absolute Gasteiger partial charge is 0.492 e. The van der Waals surface area contributed by atoms with Crippen molar-refractivity contribution in [2.45, 2.75) is 38.8 Å². The summed E-state index contributed by atoms with van der Waals surface area (Å²) in [5.41, 5.74) is 6.24. The van der Waals surface area contributed by atoms with E-state index in [4.69, 9.17) is 15.2 Å². The summed E-state index contributed by atoms with van der Waals surface area (Å²) >= 11 is 0. The molecule has 1 aliphatic heterocycles. The molecule has 1 aromatic carbocycles. The van der Waals surface area contributed by atoms with Crippen LogP contribution in [0.3, 0.4) is 0 Å². The first-order valence-corrected chi connectivity index (χ1v) is 9.10. The third-order valence-electron chi connectivity index (χ3n) is 4.42. The van der Waals surface area contributed by atoms with Gasteiger partial charge in [-0.25, -0.2) is 0 Å². The molecule has 1 fully saturated rings. The lowest BCUT2D eigenvalue weighted by Gasteiger charge is -2.26. The number of carbonyl (C=O) groups excluding carboxylic acids is 1. The van der Waals surface area contributed by atoms with Gasteiger partial charge in [0, 0.05) is 26.2 Å². The van der Waals surface area contributed by atoms with E-state index >= 15 is 0 Å².